The second kappa shape index (κ2) is 3.10. The molecule has 1 heterocycles. The summed E-state index contributed by atoms with van der Waals surface area (Å²) in [6.45, 7) is 3.96. The molecule has 0 spiro atoms. The lowest BCUT2D eigenvalue weighted by Crippen LogP contribution is -1.87. The quantitative estimate of drug-likeness (QED) is 0.565. The standard InChI is InChI=1S/C7H8BNS/c1-5-3-4-6(2)9-7(5)10-8/h3-4H,1-2H3. The van der Waals surface area contributed by atoms with E-state index in [-0.39, 0.29) is 0 Å². The molecule has 0 aliphatic rings. The van der Waals surface area contributed by atoms with Crippen LogP contribution in [0.25, 0.3) is 0 Å². The van der Waals surface area contributed by atoms with Crippen LogP contribution in [0, 0.1) is 13.8 Å². The van der Waals surface area contributed by atoms with Gasteiger partial charge >= 0.3 is 0 Å². The van der Waals surface area contributed by atoms with E-state index in [1.807, 2.05) is 26.0 Å². The zero-order valence-corrected chi connectivity index (χ0v) is 6.90. The number of aromatic nitrogens is 1. The van der Waals surface area contributed by atoms with Crippen molar-refractivity contribution in [1.29, 1.82) is 0 Å². The number of rotatable bonds is 1. The van der Waals surface area contributed by atoms with Gasteiger partial charge in [-0.05, 0) is 25.5 Å². The molecule has 50 valence electrons. The average Bonchev–Trinajstić information content (AvgIpc) is 1.94. The highest BCUT2D eigenvalue weighted by molar-refractivity contribution is 8.19. The predicted octanol–water partition coefficient (Wildman–Crippen LogP) is 1.87. The maximum atomic E-state index is 5.37. The third kappa shape index (κ3) is 1.54. The molecule has 0 amide bonds. The molecule has 0 bridgehead atoms. The maximum absolute atomic E-state index is 5.37. The Morgan fingerprint density at radius 1 is 1.40 bits per heavy atom. The summed E-state index contributed by atoms with van der Waals surface area (Å²) in [4.78, 5) is 4.23. The SMILES string of the molecule is [B]Sc1nc(C)ccc1C. The van der Waals surface area contributed by atoms with Crippen LogP contribution < -0.4 is 0 Å². The molecule has 0 saturated heterocycles. The Balaban J connectivity index is 3.09. The minimum Gasteiger partial charge on any atom is -0.248 e. The first kappa shape index (κ1) is 7.67. The van der Waals surface area contributed by atoms with Crippen LogP contribution >= 0.6 is 11.6 Å². The minimum atomic E-state index is 0.917. The Labute approximate surface area is 66.6 Å². The molecule has 1 nitrogen and oxygen atoms in total. The number of hydrogen-bond acceptors (Lipinski definition) is 2. The molecule has 1 aromatic heterocycles. The zero-order chi connectivity index (χ0) is 7.56. The first-order chi connectivity index (χ1) is 4.74. The Morgan fingerprint density at radius 3 is 2.60 bits per heavy atom. The van der Waals surface area contributed by atoms with E-state index in [1.54, 1.807) is 0 Å². The Morgan fingerprint density at radius 2 is 2.10 bits per heavy atom. The predicted molar refractivity (Wildman–Crippen MR) is 45.3 cm³/mol. The number of aryl methyl sites for hydroxylation is 2. The summed E-state index contributed by atoms with van der Waals surface area (Å²) in [6.07, 6.45) is 0. The fraction of sp³-hybridized carbons (Fsp3) is 0.286. The van der Waals surface area contributed by atoms with Gasteiger partial charge in [0.05, 0.1) is 5.03 Å². The molecule has 10 heavy (non-hydrogen) atoms. The highest BCUT2D eigenvalue weighted by Crippen LogP contribution is 2.15. The molecule has 0 atom stereocenters. The zero-order valence-electron chi connectivity index (χ0n) is 6.09. The molecule has 0 aliphatic heterocycles. The number of hydrogen-bond donors (Lipinski definition) is 0. The van der Waals surface area contributed by atoms with Crippen molar-refractivity contribution in [3.63, 3.8) is 0 Å². The monoisotopic (exact) mass is 149 g/mol. The van der Waals surface area contributed by atoms with Gasteiger partial charge in [-0.1, -0.05) is 6.07 Å². The van der Waals surface area contributed by atoms with Crippen LogP contribution in [0.3, 0.4) is 0 Å². The second-order valence-electron chi connectivity index (χ2n) is 2.19. The van der Waals surface area contributed by atoms with Gasteiger partial charge in [-0.2, -0.15) is 11.6 Å². The van der Waals surface area contributed by atoms with Crippen LogP contribution in [0.5, 0.6) is 0 Å². The van der Waals surface area contributed by atoms with Crippen molar-refractivity contribution >= 4 is 18.7 Å². The van der Waals surface area contributed by atoms with Gasteiger partial charge < -0.3 is 0 Å². The number of pyridine rings is 1. The Hall–Kier alpha value is -0.435. The second-order valence-corrected chi connectivity index (χ2v) is 2.81. The van der Waals surface area contributed by atoms with Crippen molar-refractivity contribution in [2.75, 3.05) is 0 Å². The van der Waals surface area contributed by atoms with Gasteiger partial charge in [0.15, 0.2) is 7.12 Å². The average molecular weight is 149 g/mol. The smallest absolute Gasteiger partial charge is 0.170 e. The lowest BCUT2D eigenvalue weighted by Gasteiger charge is -2.01. The van der Waals surface area contributed by atoms with Crippen LogP contribution in [0.4, 0.5) is 0 Å². The lowest BCUT2D eigenvalue weighted by atomic mass is 10.3. The van der Waals surface area contributed by atoms with Gasteiger partial charge in [0, 0.05) is 5.69 Å². The van der Waals surface area contributed by atoms with Crippen molar-refractivity contribution < 1.29 is 0 Å². The molecule has 3 heteroatoms. The van der Waals surface area contributed by atoms with Gasteiger partial charge in [0.1, 0.15) is 0 Å². The lowest BCUT2D eigenvalue weighted by molar-refractivity contribution is 1.03. The summed E-state index contributed by atoms with van der Waals surface area (Å²) >= 11 is 1.20. The molecule has 1 rings (SSSR count). The summed E-state index contributed by atoms with van der Waals surface area (Å²) in [5, 5.41) is 0.917. The summed E-state index contributed by atoms with van der Waals surface area (Å²) in [7, 11) is 5.37. The molecule has 0 N–H and O–H groups in total. The maximum Gasteiger partial charge on any atom is 0.170 e. The Bertz CT molecular complexity index is 237. The third-order valence-corrected chi connectivity index (χ3v) is 1.94. The summed E-state index contributed by atoms with van der Waals surface area (Å²) in [5.74, 6) is 0. The molecule has 0 aromatic carbocycles. The van der Waals surface area contributed by atoms with E-state index in [0.29, 0.717) is 0 Å². The van der Waals surface area contributed by atoms with Crippen LogP contribution in [0.15, 0.2) is 17.2 Å². The molecular weight excluding hydrogens is 141 g/mol. The van der Waals surface area contributed by atoms with Crippen molar-refractivity contribution in [3.8, 4) is 0 Å². The highest BCUT2D eigenvalue weighted by atomic mass is 32.2. The van der Waals surface area contributed by atoms with E-state index in [4.69, 9.17) is 7.12 Å². The van der Waals surface area contributed by atoms with Gasteiger partial charge in [-0.15, -0.1) is 0 Å². The van der Waals surface area contributed by atoms with E-state index >= 15 is 0 Å². The summed E-state index contributed by atoms with van der Waals surface area (Å²) < 4.78 is 0. The van der Waals surface area contributed by atoms with Crippen LogP contribution in [-0.4, -0.2) is 12.1 Å². The van der Waals surface area contributed by atoms with Crippen molar-refractivity contribution in [2.45, 2.75) is 18.9 Å². The first-order valence-electron chi connectivity index (χ1n) is 3.05. The molecule has 0 fully saturated rings. The Kier molecular flexibility index (Phi) is 2.38. The fourth-order valence-electron chi connectivity index (χ4n) is 0.722. The fourth-order valence-corrected chi connectivity index (χ4v) is 1.17. The molecule has 0 saturated carbocycles. The van der Waals surface area contributed by atoms with Gasteiger partial charge in [-0.25, -0.2) is 4.98 Å². The normalized spacial score (nSPS) is 9.80. The third-order valence-electron chi connectivity index (χ3n) is 1.30. The summed E-state index contributed by atoms with van der Waals surface area (Å²) in [5.41, 5.74) is 2.15. The topological polar surface area (TPSA) is 12.9 Å². The molecular formula is C7H8BNS. The van der Waals surface area contributed by atoms with E-state index in [9.17, 15) is 0 Å². The number of nitrogens with zero attached hydrogens (tertiary/aromatic N) is 1. The van der Waals surface area contributed by atoms with Gasteiger partial charge in [0.2, 0.25) is 0 Å². The van der Waals surface area contributed by atoms with E-state index in [0.717, 1.165) is 16.3 Å². The van der Waals surface area contributed by atoms with E-state index in [2.05, 4.69) is 4.98 Å². The summed E-state index contributed by atoms with van der Waals surface area (Å²) in [6, 6.07) is 4.01. The van der Waals surface area contributed by atoms with Crippen LogP contribution in [0.1, 0.15) is 11.3 Å². The van der Waals surface area contributed by atoms with Crippen molar-refractivity contribution in [3.05, 3.63) is 23.4 Å². The van der Waals surface area contributed by atoms with Gasteiger partial charge in [-0.3, -0.25) is 0 Å². The highest BCUT2D eigenvalue weighted by Gasteiger charge is 1.95. The van der Waals surface area contributed by atoms with Crippen LogP contribution in [-0.2, 0) is 0 Å². The van der Waals surface area contributed by atoms with E-state index in [1.165, 1.54) is 11.6 Å². The molecule has 1 aromatic rings. The van der Waals surface area contributed by atoms with Crippen molar-refractivity contribution in [2.24, 2.45) is 0 Å². The van der Waals surface area contributed by atoms with Crippen molar-refractivity contribution in [1.82, 2.24) is 4.98 Å². The molecule has 0 unspecified atom stereocenters. The minimum absolute atomic E-state index is 0.917. The van der Waals surface area contributed by atoms with Gasteiger partial charge in [0.25, 0.3) is 0 Å². The first-order valence-corrected chi connectivity index (χ1v) is 3.93. The van der Waals surface area contributed by atoms with E-state index < -0.39 is 0 Å². The molecule has 2 radical (unpaired) electrons. The largest absolute Gasteiger partial charge is 0.248 e. The van der Waals surface area contributed by atoms with Crippen LogP contribution in [0.2, 0.25) is 0 Å². The molecule has 0 aliphatic carbocycles.